The predicted octanol–water partition coefficient (Wildman–Crippen LogP) is 0.802. The molecule has 21 heavy (non-hydrogen) atoms. The second-order valence-corrected chi connectivity index (χ2v) is 5.53. The lowest BCUT2D eigenvalue weighted by Crippen LogP contribution is -2.48. The molecule has 1 amide bonds. The Morgan fingerprint density at radius 1 is 1.52 bits per heavy atom. The molecule has 112 valence electrons. The van der Waals surface area contributed by atoms with Crippen molar-refractivity contribution in [2.45, 2.75) is 31.8 Å². The van der Waals surface area contributed by atoms with Gasteiger partial charge in [-0.05, 0) is 31.9 Å². The van der Waals surface area contributed by atoms with Crippen LogP contribution in [-0.4, -0.2) is 51.3 Å². The first-order valence-corrected chi connectivity index (χ1v) is 7.09. The van der Waals surface area contributed by atoms with Crippen molar-refractivity contribution >= 4 is 5.91 Å². The molecule has 0 aliphatic carbocycles. The van der Waals surface area contributed by atoms with Gasteiger partial charge in [0.1, 0.15) is 5.69 Å². The number of pyridine rings is 1. The zero-order valence-corrected chi connectivity index (χ0v) is 12.2. The lowest BCUT2D eigenvalue weighted by molar-refractivity contribution is -0.0109. The molecule has 0 radical (unpaired) electrons. The monoisotopic (exact) mass is 288 g/mol. The number of carbonyl (C=O) groups excluding carboxylic acids is 1. The second kappa shape index (κ2) is 6.70. The minimum absolute atomic E-state index is 0.0336. The van der Waals surface area contributed by atoms with E-state index in [-0.39, 0.29) is 12.5 Å². The van der Waals surface area contributed by atoms with Gasteiger partial charge in [0.15, 0.2) is 0 Å². The first-order valence-electron chi connectivity index (χ1n) is 7.09. The van der Waals surface area contributed by atoms with Crippen LogP contribution < -0.4 is 0 Å². The van der Waals surface area contributed by atoms with E-state index < -0.39 is 5.60 Å². The number of likely N-dealkylation sites (tertiary alicyclic amines) is 1. The van der Waals surface area contributed by atoms with E-state index in [1.807, 2.05) is 0 Å². The molecule has 1 aromatic heterocycles. The lowest BCUT2D eigenvalue weighted by atomic mass is 9.95. The molecule has 2 rings (SSSR count). The molecule has 2 N–H and O–H groups in total. The third kappa shape index (κ3) is 4.28. The molecule has 5 heteroatoms. The van der Waals surface area contributed by atoms with Crippen LogP contribution in [0.3, 0.4) is 0 Å². The van der Waals surface area contributed by atoms with Crippen molar-refractivity contribution in [3.63, 3.8) is 0 Å². The van der Waals surface area contributed by atoms with Crippen LogP contribution in [0.2, 0.25) is 0 Å². The zero-order valence-electron chi connectivity index (χ0n) is 12.2. The predicted molar refractivity (Wildman–Crippen MR) is 78.6 cm³/mol. The maximum atomic E-state index is 12.3. The topological polar surface area (TPSA) is 73.7 Å². The van der Waals surface area contributed by atoms with Crippen molar-refractivity contribution in [2.24, 2.45) is 0 Å². The molecule has 1 aliphatic heterocycles. The summed E-state index contributed by atoms with van der Waals surface area (Å²) < 4.78 is 0. The van der Waals surface area contributed by atoms with E-state index in [1.165, 1.54) is 0 Å². The molecule has 1 unspecified atom stereocenters. The number of β-amino-alcohol motifs (C(OH)–C–C–N with tert-alkyl or cyclic N) is 1. The second-order valence-electron chi connectivity index (χ2n) is 5.53. The Bertz CT molecular complexity index is 555. The summed E-state index contributed by atoms with van der Waals surface area (Å²) in [7, 11) is 0. The van der Waals surface area contributed by atoms with Crippen LogP contribution in [0.4, 0.5) is 0 Å². The number of rotatable bonds is 2. The molecule has 0 bridgehead atoms. The molecule has 1 atom stereocenters. The molecular weight excluding hydrogens is 268 g/mol. The molecule has 0 aromatic carbocycles. The van der Waals surface area contributed by atoms with Crippen LogP contribution in [0.25, 0.3) is 0 Å². The highest BCUT2D eigenvalue weighted by molar-refractivity contribution is 5.92. The van der Waals surface area contributed by atoms with E-state index in [9.17, 15) is 9.90 Å². The molecule has 0 spiro atoms. The zero-order chi connectivity index (χ0) is 15.3. The summed E-state index contributed by atoms with van der Waals surface area (Å²) >= 11 is 0. The normalized spacial score (nSPS) is 21.6. The fourth-order valence-electron chi connectivity index (χ4n) is 2.37. The largest absolute Gasteiger partial charge is 0.395 e. The molecule has 1 aromatic rings. The average Bonchev–Trinajstić information content (AvgIpc) is 2.46. The van der Waals surface area contributed by atoms with Crippen LogP contribution in [0, 0.1) is 11.8 Å². The number of carbonyl (C=O) groups is 1. The van der Waals surface area contributed by atoms with E-state index in [0.29, 0.717) is 37.2 Å². The highest BCUT2D eigenvalue weighted by atomic mass is 16.3. The number of nitrogens with zero attached hydrogens (tertiary/aromatic N) is 2. The number of hydrogen-bond donors (Lipinski definition) is 2. The molecule has 1 fully saturated rings. The van der Waals surface area contributed by atoms with Crippen molar-refractivity contribution in [1.29, 1.82) is 0 Å². The number of aliphatic hydroxyl groups is 2. The van der Waals surface area contributed by atoms with Crippen molar-refractivity contribution in [3.8, 4) is 11.8 Å². The van der Waals surface area contributed by atoms with Crippen molar-refractivity contribution in [3.05, 3.63) is 29.6 Å². The summed E-state index contributed by atoms with van der Waals surface area (Å²) in [5, 5.41) is 18.7. The summed E-state index contributed by atoms with van der Waals surface area (Å²) in [6, 6.07) is 3.39. The Hall–Kier alpha value is -1.90. The van der Waals surface area contributed by atoms with Crippen molar-refractivity contribution in [2.75, 3.05) is 19.7 Å². The lowest BCUT2D eigenvalue weighted by Gasteiger charge is -2.36. The summed E-state index contributed by atoms with van der Waals surface area (Å²) in [6.07, 6.45) is 3.48. The SMILES string of the molecule is CC1(O)CCCN(C(=O)c2ccc(C#CCCO)cn2)C1. The molecular formula is C16H20N2O3. The van der Waals surface area contributed by atoms with Gasteiger partial charge in [-0.3, -0.25) is 4.79 Å². The van der Waals surface area contributed by atoms with E-state index in [2.05, 4.69) is 16.8 Å². The van der Waals surface area contributed by atoms with Crippen molar-refractivity contribution < 1.29 is 15.0 Å². The number of aromatic nitrogens is 1. The number of amides is 1. The first kappa shape index (κ1) is 15.5. The first-order chi connectivity index (χ1) is 10.0. The fraction of sp³-hybridized carbons (Fsp3) is 0.500. The van der Waals surface area contributed by atoms with E-state index in [0.717, 1.165) is 6.42 Å². The van der Waals surface area contributed by atoms with Gasteiger partial charge in [0.05, 0.1) is 12.2 Å². The molecule has 1 saturated heterocycles. The summed E-state index contributed by atoms with van der Waals surface area (Å²) in [5.41, 5.74) is 0.259. The van der Waals surface area contributed by atoms with E-state index in [1.54, 1.807) is 30.2 Å². The Kier molecular flexibility index (Phi) is 4.94. The van der Waals surface area contributed by atoms with Crippen LogP contribution in [0.15, 0.2) is 18.3 Å². The van der Waals surface area contributed by atoms with E-state index in [4.69, 9.17) is 5.11 Å². The Labute approximate surface area is 124 Å². The maximum Gasteiger partial charge on any atom is 0.272 e. The number of hydrogen-bond acceptors (Lipinski definition) is 4. The summed E-state index contributed by atoms with van der Waals surface area (Å²) in [4.78, 5) is 18.1. The summed E-state index contributed by atoms with van der Waals surface area (Å²) in [6.45, 7) is 2.77. The van der Waals surface area contributed by atoms with E-state index >= 15 is 0 Å². The highest BCUT2D eigenvalue weighted by Gasteiger charge is 2.31. The van der Waals surface area contributed by atoms with Gasteiger partial charge in [-0.25, -0.2) is 4.98 Å². The van der Waals surface area contributed by atoms with Gasteiger partial charge in [0, 0.05) is 31.3 Å². The Morgan fingerprint density at radius 3 is 2.95 bits per heavy atom. The fourth-order valence-corrected chi connectivity index (χ4v) is 2.37. The van der Waals surface area contributed by atoms with Gasteiger partial charge in [0.2, 0.25) is 0 Å². The number of aliphatic hydroxyl groups excluding tert-OH is 1. The van der Waals surface area contributed by atoms with Gasteiger partial charge >= 0.3 is 0 Å². The standard InChI is InChI=1S/C16H20N2O3/c1-16(21)8-4-9-18(12-16)15(20)14-7-6-13(11-17-14)5-2-3-10-19/h6-7,11,19,21H,3-4,8-10,12H2,1H3. The molecule has 2 heterocycles. The van der Waals surface area contributed by atoms with Gasteiger partial charge in [-0.2, -0.15) is 0 Å². The van der Waals surface area contributed by atoms with Crippen LogP contribution in [0.1, 0.15) is 42.2 Å². The van der Waals surface area contributed by atoms with Gasteiger partial charge in [0.25, 0.3) is 5.91 Å². The van der Waals surface area contributed by atoms with Gasteiger partial charge in [-0.15, -0.1) is 0 Å². The van der Waals surface area contributed by atoms with Crippen LogP contribution >= 0.6 is 0 Å². The summed E-state index contributed by atoms with van der Waals surface area (Å²) in [5.74, 6) is 5.51. The van der Waals surface area contributed by atoms with Crippen molar-refractivity contribution in [1.82, 2.24) is 9.88 Å². The molecule has 0 saturated carbocycles. The third-order valence-corrected chi connectivity index (χ3v) is 3.41. The smallest absolute Gasteiger partial charge is 0.272 e. The third-order valence-electron chi connectivity index (χ3n) is 3.41. The molecule has 1 aliphatic rings. The minimum atomic E-state index is -0.816. The minimum Gasteiger partial charge on any atom is -0.395 e. The Morgan fingerprint density at radius 2 is 2.33 bits per heavy atom. The average molecular weight is 288 g/mol. The van der Waals surface area contributed by atoms with Gasteiger partial charge < -0.3 is 15.1 Å². The maximum absolute atomic E-state index is 12.3. The van der Waals surface area contributed by atoms with Gasteiger partial charge in [-0.1, -0.05) is 11.8 Å². The van der Waals surface area contributed by atoms with Crippen LogP contribution in [0.5, 0.6) is 0 Å². The molecule has 5 nitrogen and oxygen atoms in total. The Balaban J connectivity index is 2.05. The van der Waals surface area contributed by atoms with Crippen LogP contribution in [-0.2, 0) is 0 Å². The highest BCUT2D eigenvalue weighted by Crippen LogP contribution is 2.21. The quantitative estimate of drug-likeness (QED) is 0.790. The number of piperidine rings is 1.